The van der Waals surface area contributed by atoms with E-state index < -0.39 is 8.07 Å². The molecule has 0 N–H and O–H groups in total. The Morgan fingerprint density at radius 2 is 1.03 bits per heavy atom. The highest BCUT2D eigenvalue weighted by molar-refractivity contribution is 7.22. The largest absolute Gasteiger partial charge is 0.456 e. The molecule has 0 amide bonds. The van der Waals surface area contributed by atoms with Crippen LogP contribution in [0, 0.1) is 0 Å². The summed E-state index contributed by atoms with van der Waals surface area (Å²) in [7, 11) is -2.81. The summed E-state index contributed by atoms with van der Waals surface area (Å²) in [5, 5.41) is 7.96. The highest BCUT2D eigenvalue weighted by Crippen LogP contribution is 2.51. The lowest BCUT2D eigenvalue weighted by Crippen LogP contribution is -2.73. The van der Waals surface area contributed by atoms with E-state index in [-0.39, 0.29) is 10.8 Å². The van der Waals surface area contributed by atoms with E-state index in [1.807, 2.05) is 6.07 Å². The molecule has 1 aromatic heterocycles. The minimum absolute atomic E-state index is 0.120. The van der Waals surface area contributed by atoms with Crippen molar-refractivity contribution >= 4 is 67.8 Å². The summed E-state index contributed by atoms with van der Waals surface area (Å²) >= 11 is 0. The van der Waals surface area contributed by atoms with Crippen molar-refractivity contribution in [3.8, 4) is 22.3 Å². The van der Waals surface area contributed by atoms with Crippen molar-refractivity contribution in [2.45, 2.75) is 45.4 Å². The number of hydrogen-bond donors (Lipinski definition) is 0. The molecule has 3 heteroatoms. The van der Waals surface area contributed by atoms with Crippen molar-refractivity contribution in [1.29, 1.82) is 0 Å². The van der Waals surface area contributed by atoms with Crippen molar-refractivity contribution in [2.75, 3.05) is 4.90 Å². The highest BCUT2D eigenvalue weighted by atomic mass is 28.3. The molecule has 0 saturated carbocycles. The van der Waals surface area contributed by atoms with E-state index in [4.69, 9.17) is 4.42 Å². The van der Waals surface area contributed by atoms with E-state index in [9.17, 15) is 0 Å². The Kier molecular flexibility index (Phi) is 7.52. The molecule has 0 saturated heterocycles. The van der Waals surface area contributed by atoms with Crippen LogP contribution >= 0.6 is 0 Å². The first-order chi connectivity index (χ1) is 28.1. The van der Waals surface area contributed by atoms with Gasteiger partial charge < -0.3 is 9.32 Å². The lowest BCUT2D eigenvalue weighted by molar-refractivity contribution is 0.591. The molecule has 2 aliphatic rings. The van der Waals surface area contributed by atoms with Crippen LogP contribution in [-0.2, 0) is 10.8 Å². The molecule has 9 aromatic rings. The summed E-state index contributed by atoms with van der Waals surface area (Å²) in [6.07, 6.45) is 0. The average Bonchev–Trinajstić information content (AvgIpc) is 3.85. The average molecular weight is 764 g/mol. The maximum atomic E-state index is 6.58. The third-order valence-corrected chi connectivity index (χ3v) is 17.9. The Hall–Kier alpha value is -6.42. The van der Waals surface area contributed by atoms with Crippen LogP contribution < -0.4 is 25.6 Å². The van der Waals surface area contributed by atoms with E-state index in [0.717, 1.165) is 39.0 Å². The quantitative estimate of drug-likeness (QED) is 0.162. The standard InChI is InChI=1S/C55H45NOSi/c1-54(2,3)36-31-39(33-41(32-36)58(40-17-7-6-8-18-40)52-25-15-11-21-46(52)47-22-12-16-26-53(47)58)56(38-28-30-45-44-20-10-14-24-50(44)57-51(45)35-38)37-27-29-43-42-19-9-13-23-48(42)55(4,5)49(43)34-37/h6-35H,1-5H3. The van der Waals surface area contributed by atoms with Gasteiger partial charge >= 0.3 is 0 Å². The van der Waals surface area contributed by atoms with Crippen LogP contribution in [0.1, 0.15) is 51.3 Å². The molecule has 280 valence electrons. The number of rotatable bonds is 5. The number of benzene rings is 8. The van der Waals surface area contributed by atoms with Crippen LogP contribution in [0.25, 0.3) is 44.2 Å². The molecule has 2 heterocycles. The first kappa shape index (κ1) is 34.8. The second kappa shape index (κ2) is 12.5. The molecule has 1 aliphatic carbocycles. The summed E-state index contributed by atoms with van der Waals surface area (Å²) < 4.78 is 6.58. The second-order valence-electron chi connectivity index (χ2n) is 17.7. The van der Waals surface area contributed by atoms with E-state index in [1.165, 1.54) is 59.7 Å². The van der Waals surface area contributed by atoms with Gasteiger partial charge in [0.1, 0.15) is 11.2 Å². The predicted octanol–water partition coefficient (Wildman–Crippen LogP) is 12.0. The van der Waals surface area contributed by atoms with E-state index in [1.54, 1.807) is 0 Å². The summed E-state index contributed by atoms with van der Waals surface area (Å²) in [5.41, 5.74) is 14.3. The van der Waals surface area contributed by atoms with Gasteiger partial charge in [-0.05, 0) is 108 Å². The predicted molar refractivity (Wildman–Crippen MR) is 247 cm³/mol. The van der Waals surface area contributed by atoms with Crippen molar-refractivity contribution in [3.05, 3.63) is 199 Å². The van der Waals surface area contributed by atoms with Gasteiger partial charge in [-0.1, -0.05) is 168 Å². The number of fused-ring (bicyclic) bond motifs is 9. The third-order valence-electron chi connectivity index (χ3n) is 13.1. The Morgan fingerprint density at radius 1 is 0.448 bits per heavy atom. The summed E-state index contributed by atoms with van der Waals surface area (Å²) in [5.74, 6) is 0. The van der Waals surface area contributed by atoms with Crippen LogP contribution in [0.2, 0.25) is 0 Å². The van der Waals surface area contributed by atoms with Crippen LogP contribution in [0.5, 0.6) is 0 Å². The van der Waals surface area contributed by atoms with Gasteiger partial charge in [0, 0.05) is 39.3 Å². The number of furan rings is 1. The fourth-order valence-corrected chi connectivity index (χ4v) is 15.5. The monoisotopic (exact) mass is 763 g/mol. The van der Waals surface area contributed by atoms with Gasteiger partial charge in [0.2, 0.25) is 0 Å². The molecule has 1 aliphatic heterocycles. The smallest absolute Gasteiger partial charge is 0.180 e. The van der Waals surface area contributed by atoms with Gasteiger partial charge in [-0.3, -0.25) is 0 Å². The molecule has 58 heavy (non-hydrogen) atoms. The van der Waals surface area contributed by atoms with Crippen LogP contribution in [0.4, 0.5) is 17.1 Å². The van der Waals surface area contributed by atoms with Gasteiger partial charge in [-0.2, -0.15) is 0 Å². The lowest BCUT2D eigenvalue weighted by atomic mass is 9.82. The van der Waals surface area contributed by atoms with E-state index in [2.05, 4.69) is 215 Å². The normalized spacial score (nSPS) is 14.6. The molecule has 0 bridgehead atoms. The van der Waals surface area contributed by atoms with Crippen molar-refractivity contribution in [1.82, 2.24) is 0 Å². The minimum Gasteiger partial charge on any atom is -0.456 e. The zero-order valence-corrected chi connectivity index (χ0v) is 34.7. The Bertz CT molecular complexity index is 3050. The van der Waals surface area contributed by atoms with Crippen molar-refractivity contribution in [3.63, 3.8) is 0 Å². The molecular formula is C55H45NOSi. The molecule has 0 fully saturated rings. The number of anilines is 3. The number of nitrogens with zero attached hydrogens (tertiary/aromatic N) is 1. The molecule has 8 aromatic carbocycles. The van der Waals surface area contributed by atoms with Crippen LogP contribution in [-0.4, -0.2) is 8.07 Å². The third kappa shape index (κ3) is 4.96. The Morgan fingerprint density at radius 3 is 1.78 bits per heavy atom. The van der Waals surface area contributed by atoms with Gasteiger partial charge in [0.05, 0.1) is 0 Å². The maximum absolute atomic E-state index is 6.58. The van der Waals surface area contributed by atoms with Gasteiger partial charge in [-0.25, -0.2) is 0 Å². The molecule has 11 rings (SSSR count). The van der Waals surface area contributed by atoms with Gasteiger partial charge in [0.15, 0.2) is 8.07 Å². The van der Waals surface area contributed by atoms with Gasteiger partial charge in [0.25, 0.3) is 0 Å². The topological polar surface area (TPSA) is 16.4 Å². The maximum Gasteiger partial charge on any atom is 0.180 e. The SMILES string of the molecule is CC(C)(C)c1cc(N(c2ccc3c(c2)C(C)(C)c2ccccc2-3)c2ccc3c(c2)oc2ccccc23)cc([Si]2(c3ccccc3)c3ccccc3-c3ccccc32)c1. The number of para-hydroxylation sites is 1. The first-order valence-corrected chi connectivity index (χ1v) is 22.5. The Balaban J connectivity index is 1.22. The molecule has 0 atom stereocenters. The molecule has 2 nitrogen and oxygen atoms in total. The molecule has 0 spiro atoms. The minimum atomic E-state index is -2.81. The fourth-order valence-electron chi connectivity index (χ4n) is 10.2. The van der Waals surface area contributed by atoms with Crippen molar-refractivity contribution < 1.29 is 4.42 Å². The highest BCUT2D eigenvalue weighted by Gasteiger charge is 2.49. The van der Waals surface area contributed by atoms with E-state index in [0.29, 0.717) is 0 Å². The molecule has 0 radical (unpaired) electrons. The van der Waals surface area contributed by atoms with Gasteiger partial charge in [-0.15, -0.1) is 0 Å². The summed E-state index contributed by atoms with van der Waals surface area (Å²) in [6, 6.07) is 68.4. The van der Waals surface area contributed by atoms with E-state index >= 15 is 0 Å². The Labute approximate surface area is 342 Å². The lowest BCUT2D eigenvalue weighted by Gasteiger charge is -2.35. The fraction of sp³-hybridized carbons (Fsp3) is 0.127. The van der Waals surface area contributed by atoms with Crippen LogP contribution in [0.3, 0.4) is 0 Å². The zero-order valence-electron chi connectivity index (χ0n) is 33.7. The van der Waals surface area contributed by atoms with Crippen LogP contribution in [0.15, 0.2) is 186 Å². The first-order valence-electron chi connectivity index (χ1n) is 20.5. The second-order valence-corrected chi connectivity index (χ2v) is 21.5. The molecular weight excluding hydrogens is 719 g/mol. The summed E-state index contributed by atoms with van der Waals surface area (Å²) in [6.45, 7) is 11.8. The number of hydrogen-bond acceptors (Lipinski definition) is 2. The van der Waals surface area contributed by atoms with Crippen molar-refractivity contribution in [2.24, 2.45) is 0 Å². The zero-order chi connectivity index (χ0) is 39.4. The molecule has 0 unspecified atom stereocenters. The summed E-state index contributed by atoms with van der Waals surface area (Å²) in [4.78, 5) is 2.49.